The smallest absolute Gasteiger partial charge is 0.242 e. The zero-order chi connectivity index (χ0) is 16.4. The SMILES string of the molecule is N#CC1(NC(=O)Cn2nccc2-c2ccc(F)c(Cl)c2)CCC1. The average molecular weight is 333 g/mol. The Labute approximate surface area is 137 Å². The topological polar surface area (TPSA) is 70.7 Å². The van der Waals surface area contributed by atoms with Gasteiger partial charge in [-0.3, -0.25) is 9.48 Å². The van der Waals surface area contributed by atoms with Crippen molar-refractivity contribution in [1.82, 2.24) is 15.1 Å². The quantitative estimate of drug-likeness (QED) is 0.935. The van der Waals surface area contributed by atoms with Gasteiger partial charge in [0.1, 0.15) is 17.9 Å². The van der Waals surface area contributed by atoms with E-state index < -0.39 is 11.4 Å². The van der Waals surface area contributed by atoms with Crippen LogP contribution in [0.3, 0.4) is 0 Å². The van der Waals surface area contributed by atoms with Crippen molar-refractivity contribution in [2.45, 2.75) is 31.3 Å². The van der Waals surface area contributed by atoms with Gasteiger partial charge < -0.3 is 5.32 Å². The molecule has 0 radical (unpaired) electrons. The highest BCUT2D eigenvalue weighted by atomic mass is 35.5. The molecule has 1 aromatic heterocycles. The molecule has 0 aliphatic heterocycles. The number of hydrogen-bond donors (Lipinski definition) is 1. The van der Waals surface area contributed by atoms with Gasteiger partial charge in [0.2, 0.25) is 5.91 Å². The molecule has 1 aliphatic carbocycles. The Bertz CT molecular complexity index is 792. The van der Waals surface area contributed by atoms with E-state index in [0.717, 1.165) is 6.42 Å². The maximum absolute atomic E-state index is 13.3. The van der Waals surface area contributed by atoms with Crippen molar-refractivity contribution in [3.8, 4) is 17.3 Å². The van der Waals surface area contributed by atoms with Crippen LogP contribution < -0.4 is 5.32 Å². The molecule has 1 N–H and O–H groups in total. The Morgan fingerprint density at radius 2 is 2.26 bits per heavy atom. The zero-order valence-corrected chi connectivity index (χ0v) is 13.0. The molecule has 23 heavy (non-hydrogen) atoms. The van der Waals surface area contributed by atoms with Gasteiger partial charge in [-0.25, -0.2) is 4.39 Å². The second kappa shape index (κ2) is 6.01. The lowest BCUT2D eigenvalue weighted by Crippen LogP contribution is -2.53. The largest absolute Gasteiger partial charge is 0.336 e. The Kier molecular flexibility index (Phi) is 4.05. The first-order valence-corrected chi connectivity index (χ1v) is 7.60. The molecule has 0 saturated heterocycles. The van der Waals surface area contributed by atoms with Gasteiger partial charge in [0.15, 0.2) is 0 Å². The van der Waals surface area contributed by atoms with Gasteiger partial charge in [0.25, 0.3) is 0 Å². The number of amides is 1. The number of rotatable bonds is 4. The van der Waals surface area contributed by atoms with E-state index in [1.807, 2.05) is 0 Å². The summed E-state index contributed by atoms with van der Waals surface area (Å²) in [5.74, 6) is -0.774. The molecule has 2 aromatic rings. The Morgan fingerprint density at radius 3 is 2.87 bits per heavy atom. The first-order valence-electron chi connectivity index (χ1n) is 7.22. The van der Waals surface area contributed by atoms with Crippen molar-refractivity contribution in [3.63, 3.8) is 0 Å². The number of carbonyl (C=O) groups is 1. The number of carbonyl (C=O) groups excluding carboxylic acids is 1. The highest BCUT2D eigenvalue weighted by Crippen LogP contribution is 2.31. The van der Waals surface area contributed by atoms with E-state index in [1.54, 1.807) is 18.3 Å². The molecule has 0 atom stereocenters. The first kappa shape index (κ1) is 15.5. The molecule has 0 unspecified atom stereocenters. The maximum atomic E-state index is 13.3. The van der Waals surface area contributed by atoms with Crippen LogP contribution >= 0.6 is 11.6 Å². The van der Waals surface area contributed by atoms with E-state index in [-0.39, 0.29) is 17.5 Å². The summed E-state index contributed by atoms with van der Waals surface area (Å²) < 4.78 is 14.8. The molecule has 1 aromatic carbocycles. The molecule has 5 nitrogen and oxygen atoms in total. The monoisotopic (exact) mass is 332 g/mol. The van der Waals surface area contributed by atoms with Crippen molar-refractivity contribution in [2.75, 3.05) is 0 Å². The van der Waals surface area contributed by atoms with Gasteiger partial charge in [-0.1, -0.05) is 11.6 Å². The van der Waals surface area contributed by atoms with Crippen molar-refractivity contribution in [2.24, 2.45) is 0 Å². The lowest BCUT2D eigenvalue weighted by Gasteiger charge is -2.35. The van der Waals surface area contributed by atoms with Crippen LogP contribution in [0.4, 0.5) is 4.39 Å². The van der Waals surface area contributed by atoms with Crippen LogP contribution in [0.1, 0.15) is 19.3 Å². The summed E-state index contributed by atoms with van der Waals surface area (Å²) in [6, 6.07) is 8.23. The second-order valence-electron chi connectivity index (χ2n) is 5.60. The highest BCUT2D eigenvalue weighted by Gasteiger charge is 2.38. The summed E-state index contributed by atoms with van der Waals surface area (Å²) in [6.07, 6.45) is 3.85. The Balaban J connectivity index is 1.77. The second-order valence-corrected chi connectivity index (χ2v) is 6.01. The molecule has 7 heteroatoms. The molecule has 3 rings (SSSR count). The molecule has 0 bridgehead atoms. The van der Waals surface area contributed by atoms with E-state index in [9.17, 15) is 9.18 Å². The van der Waals surface area contributed by atoms with Gasteiger partial charge in [-0.2, -0.15) is 10.4 Å². The summed E-state index contributed by atoms with van der Waals surface area (Å²) in [7, 11) is 0. The Hall–Kier alpha value is -2.39. The number of aromatic nitrogens is 2. The minimum atomic E-state index is -0.733. The van der Waals surface area contributed by atoms with E-state index in [1.165, 1.54) is 16.8 Å². The Morgan fingerprint density at radius 1 is 1.48 bits per heavy atom. The van der Waals surface area contributed by atoms with Crippen LogP contribution in [0.15, 0.2) is 30.5 Å². The summed E-state index contributed by atoms with van der Waals surface area (Å²) in [5, 5.41) is 16.1. The third-order valence-corrected chi connectivity index (χ3v) is 4.31. The van der Waals surface area contributed by atoms with Crippen LogP contribution in [0.25, 0.3) is 11.3 Å². The third kappa shape index (κ3) is 3.06. The average Bonchev–Trinajstić information content (AvgIpc) is 2.94. The van der Waals surface area contributed by atoms with Crippen molar-refractivity contribution < 1.29 is 9.18 Å². The number of nitriles is 1. The van der Waals surface area contributed by atoms with Crippen molar-refractivity contribution >= 4 is 17.5 Å². The van der Waals surface area contributed by atoms with E-state index in [0.29, 0.717) is 24.1 Å². The van der Waals surface area contributed by atoms with Crippen LogP contribution in [0.2, 0.25) is 5.02 Å². The summed E-state index contributed by atoms with van der Waals surface area (Å²) in [5.41, 5.74) is 0.589. The molecule has 1 aliphatic rings. The van der Waals surface area contributed by atoms with Gasteiger partial charge >= 0.3 is 0 Å². The third-order valence-electron chi connectivity index (χ3n) is 4.03. The molecular weight excluding hydrogens is 319 g/mol. The lowest BCUT2D eigenvalue weighted by atomic mass is 9.78. The van der Waals surface area contributed by atoms with Crippen LogP contribution in [-0.2, 0) is 11.3 Å². The summed E-state index contributed by atoms with van der Waals surface area (Å²) in [6.45, 7) is -0.0131. The summed E-state index contributed by atoms with van der Waals surface area (Å²) >= 11 is 5.80. The normalized spacial score (nSPS) is 15.5. The first-order chi connectivity index (χ1) is 11.0. The van der Waals surface area contributed by atoms with Crippen LogP contribution in [0.5, 0.6) is 0 Å². The molecule has 0 spiro atoms. The van der Waals surface area contributed by atoms with Gasteiger partial charge in [0, 0.05) is 11.8 Å². The van der Waals surface area contributed by atoms with Gasteiger partial charge in [-0.15, -0.1) is 0 Å². The fraction of sp³-hybridized carbons (Fsp3) is 0.312. The standard InChI is InChI=1S/C16H14ClFN4O/c17-12-8-11(2-3-13(12)18)14-4-7-20-22(14)9-15(23)21-16(10-19)5-1-6-16/h2-4,7-8H,1,5-6,9H2,(H,21,23). The number of halogens is 2. The predicted molar refractivity (Wildman–Crippen MR) is 83.0 cm³/mol. The summed E-state index contributed by atoms with van der Waals surface area (Å²) in [4.78, 5) is 12.2. The van der Waals surface area contributed by atoms with E-state index in [4.69, 9.17) is 16.9 Å². The van der Waals surface area contributed by atoms with Gasteiger partial charge in [0.05, 0.1) is 16.8 Å². The molecule has 1 amide bonds. The highest BCUT2D eigenvalue weighted by molar-refractivity contribution is 6.31. The minimum absolute atomic E-state index is 0.0117. The fourth-order valence-corrected chi connectivity index (χ4v) is 2.78. The van der Waals surface area contributed by atoms with E-state index in [2.05, 4.69) is 16.5 Å². The van der Waals surface area contributed by atoms with Crippen LogP contribution in [0, 0.1) is 17.1 Å². The molecule has 1 saturated carbocycles. The lowest BCUT2D eigenvalue weighted by molar-refractivity contribution is -0.124. The fourth-order valence-electron chi connectivity index (χ4n) is 2.60. The predicted octanol–water partition coefficient (Wildman–Crippen LogP) is 2.91. The van der Waals surface area contributed by atoms with Crippen LogP contribution in [-0.4, -0.2) is 21.2 Å². The number of nitrogens with zero attached hydrogens (tertiary/aromatic N) is 3. The minimum Gasteiger partial charge on any atom is -0.336 e. The van der Waals surface area contributed by atoms with Crippen molar-refractivity contribution in [1.29, 1.82) is 5.26 Å². The molecular formula is C16H14ClFN4O. The number of nitrogens with one attached hydrogen (secondary N) is 1. The number of benzene rings is 1. The number of hydrogen-bond acceptors (Lipinski definition) is 3. The zero-order valence-electron chi connectivity index (χ0n) is 12.2. The molecule has 1 heterocycles. The maximum Gasteiger partial charge on any atom is 0.242 e. The van der Waals surface area contributed by atoms with Gasteiger partial charge in [-0.05, 0) is 43.5 Å². The molecule has 1 fully saturated rings. The van der Waals surface area contributed by atoms with Crippen molar-refractivity contribution in [3.05, 3.63) is 41.3 Å². The molecule has 118 valence electrons. The van der Waals surface area contributed by atoms with E-state index >= 15 is 0 Å².